The van der Waals surface area contributed by atoms with Crippen molar-refractivity contribution in [1.82, 2.24) is 0 Å². The van der Waals surface area contributed by atoms with Gasteiger partial charge in [0.15, 0.2) is 8.32 Å². The van der Waals surface area contributed by atoms with Crippen LogP contribution in [0.5, 0.6) is 11.5 Å². The van der Waals surface area contributed by atoms with Gasteiger partial charge in [-0.1, -0.05) is 20.8 Å². The van der Waals surface area contributed by atoms with Crippen molar-refractivity contribution >= 4 is 20.3 Å². The number of hydrogen-bond acceptors (Lipinski definition) is 5. The Morgan fingerprint density at radius 3 is 2.03 bits per heavy atom. The molecule has 0 saturated heterocycles. The first-order chi connectivity index (χ1) is 18.3. The standard InChI is InChI=1S/C32H42O6Si/c1-31(2,3)39(5,6)37-19-25-14-23(29(33)34)7-9-27(25)38-30(35)24-8-10-28(36-4)26(15-24)32-16-20-11-21(17-32)13-22(12-20)18-32/h7-10,14-15,20-22H,11-13,16-19H2,1-6H3,(H,33,34). The van der Waals surface area contributed by atoms with Crippen molar-refractivity contribution in [2.75, 3.05) is 7.11 Å². The van der Waals surface area contributed by atoms with Crippen molar-refractivity contribution in [3.05, 3.63) is 58.7 Å². The van der Waals surface area contributed by atoms with Crippen LogP contribution in [0.15, 0.2) is 36.4 Å². The van der Waals surface area contributed by atoms with E-state index >= 15 is 0 Å². The second-order valence-corrected chi connectivity index (χ2v) is 18.5. The lowest BCUT2D eigenvalue weighted by molar-refractivity contribution is -0.00618. The molecule has 0 heterocycles. The maximum Gasteiger partial charge on any atom is 0.343 e. The van der Waals surface area contributed by atoms with E-state index in [0.717, 1.165) is 29.1 Å². The third-order valence-electron chi connectivity index (χ3n) is 9.95. The zero-order chi connectivity index (χ0) is 28.2. The van der Waals surface area contributed by atoms with E-state index in [1.54, 1.807) is 25.3 Å². The van der Waals surface area contributed by atoms with Crippen molar-refractivity contribution < 1.29 is 28.6 Å². The lowest BCUT2D eigenvalue weighted by Crippen LogP contribution is -2.48. The highest BCUT2D eigenvalue weighted by Gasteiger charge is 2.52. The zero-order valence-corrected chi connectivity index (χ0v) is 25.1. The van der Waals surface area contributed by atoms with Crippen molar-refractivity contribution in [3.8, 4) is 11.5 Å². The normalized spacial score (nSPS) is 25.9. The number of hydrogen-bond donors (Lipinski definition) is 1. The van der Waals surface area contributed by atoms with Crippen molar-refractivity contribution in [2.45, 2.75) is 89.5 Å². The van der Waals surface area contributed by atoms with Crippen LogP contribution in [-0.4, -0.2) is 32.5 Å². The minimum atomic E-state index is -2.11. The van der Waals surface area contributed by atoms with E-state index < -0.39 is 20.3 Å². The highest BCUT2D eigenvalue weighted by atomic mass is 28.4. The van der Waals surface area contributed by atoms with E-state index in [1.165, 1.54) is 44.6 Å². The van der Waals surface area contributed by atoms with Crippen LogP contribution in [0.3, 0.4) is 0 Å². The summed E-state index contributed by atoms with van der Waals surface area (Å²) in [5.41, 5.74) is 2.39. The van der Waals surface area contributed by atoms with Crippen LogP contribution in [0.4, 0.5) is 0 Å². The predicted molar refractivity (Wildman–Crippen MR) is 153 cm³/mol. The first kappa shape index (κ1) is 27.9. The molecule has 2 aromatic carbocycles. The average Bonchev–Trinajstić information content (AvgIpc) is 2.86. The van der Waals surface area contributed by atoms with Gasteiger partial charge in [0, 0.05) is 11.1 Å². The van der Waals surface area contributed by atoms with E-state index in [9.17, 15) is 14.7 Å². The molecule has 39 heavy (non-hydrogen) atoms. The van der Waals surface area contributed by atoms with Gasteiger partial charge < -0.3 is 19.0 Å². The summed E-state index contributed by atoms with van der Waals surface area (Å²) in [6, 6.07) is 10.2. The van der Waals surface area contributed by atoms with Gasteiger partial charge in [0.05, 0.1) is 24.8 Å². The molecule has 4 aliphatic rings. The molecule has 4 fully saturated rings. The summed E-state index contributed by atoms with van der Waals surface area (Å²) in [5, 5.41) is 9.55. The van der Waals surface area contributed by atoms with E-state index in [4.69, 9.17) is 13.9 Å². The molecule has 0 amide bonds. The molecule has 0 radical (unpaired) electrons. The Hall–Kier alpha value is -2.64. The van der Waals surface area contributed by atoms with Gasteiger partial charge in [0.1, 0.15) is 11.5 Å². The number of carboxylic acids is 1. The summed E-state index contributed by atoms with van der Waals surface area (Å²) in [4.78, 5) is 25.2. The largest absolute Gasteiger partial charge is 0.496 e. The smallest absolute Gasteiger partial charge is 0.343 e. The fourth-order valence-corrected chi connectivity index (χ4v) is 8.20. The second kappa shape index (κ2) is 10.1. The van der Waals surface area contributed by atoms with E-state index in [2.05, 4.69) is 33.9 Å². The number of carbonyl (C=O) groups is 2. The van der Waals surface area contributed by atoms with Crippen molar-refractivity contribution in [1.29, 1.82) is 0 Å². The Kier molecular flexibility index (Phi) is 7.21. The summed E-state index contributed by atoms with van der Waals surface area (Å²) in [6.07, 6.45) is 7.53. The summed E-state index contributed by atoms with van der Waals surface area (Å²) in [6.45, 7) is 10.9. The number of methoxy groups -OCH3 is 1. The van der Waals surface area contributed by atoms with Gasteiger partial charge in [-0.2, -0.15) is 0 Å². The molecular weight excluding hydrogens is 508 g/mol. The third kappa shape index (κ3) is 5.40. The van der Waals surface area contributed by atoms with Gasteiger partial charge in [-0.25, -0.2) is 9.59 Å². The molecule has 1 N–H and O–H groups in total. The highest BCUT2D eigenvalue weighted by molar-refractivity contribution is 6.74. The van der Waals surface area contributed by atoms with Crippen molar-refractivity contribution in [3.63, 3.8) is 0 Å². The first-order valence-electron chi connectivity index (χ1n) is 14.2. The molecule has 4 bridgehead atoms. The molecule has 4 saturated carbocycles. The molecule has 0 aliphatic heterocycles. The van der Waals surface area contributed by atoms with Crippen LogP contribution in [-0.2, 0) is 16.4 Å². The van der Waals surface area contributed by atoms with Crippen LogP contribution in [0.2, 0.25) is 18.1 Å². The Morgan fingerprint density at radius 1 is 0.923 bits per heavy atom. The predicted octanol–water partition coefficient (Wildman–Crippen LogP) is 7.60. The van der Waals surface area contributed by atoms with Crippen LogP contribution in [0.25, 0.3) is 0 Å². The Morgan fingerprint density at radius 2 is 1.49 bits per heavy atom. The Labute approximate surface area is 233 Å². The van der Waals surface area contributed by atoms with Crippen LogP contribution < -0.4 is 9.47 Å². The number of carbonyl (C=O) groups excluding carboxylic acids is 1. The van der Waals surface area contributed by atoms with Gasteiger partial charge in [-0.15, -0.1) is 0 Å². The number of carboxylic acid groups (broad SMARTS) is 1. The molecule has 6 nitrogen and oxygen atoms in total. The summed E-state index contributed by atoms with van der Waals surface area (Å²) >= 11 is 0. The minimum Gasteiger partial charge on any atom is -0.496 e. The average molecular weight is 551 g/mol. The molecule has 7 heteroatoms. The number of aromatic carboxylic acids is 1. The lowest BCUT2D eigenvalue weighted by atomic mass is 9.48. The van der Waals surface area contributed by atoms with E-state index in [1.807, 2.05) is 12.1 Å². The van der Waals surface area contributed by atoms with Crippen molar-refractivity contribution in [2.24, 2.45) is 17.8 Å². The Bertz CT molecular complexity index is 1240. The monoisotopic (exact) mass is 550 g/mol. The number of benzene rings is 2. The van der Waals surface area contributed by atoms with Gasteiger partial charge in [0.25, 0.3) is 0 Å². The zero-order valence-electron chi connectivity index (χ0n) is 24.1. The maximum absolute atomic E-state index is 13.5. The fraction of sp³-hybridized carbons (Fsp3) is 0.562. The molecule has 0 unspecified atom stereocenters. The fourth-order valence-electron chi connectivity index (χ4n) is 7.25. The van der Waals surface area contributed by atoms with Gasteiger partial charge >= 0.3 is 11.9 Å². The van der Waals surface area contributed by atoms with Gasteiger partial charge in [-0.3, -0.25) is 0 Å². The minimum absolute atomic E-state index is 0.00893. The first-order valence-corrected chi connectivity index (χ1v) is 17.1. The van der Waals surface area contributed by atoms with Gasteiger partial charge in [-0.05, 0) is 116 Å². The number of rotatable bonds is 8. The van der Waals surface area contributed by atoms with Crippen LogP contribution in [0.1, 0.15) is 91.1 Å². The molecule has 210 valence electrons. The van der Waals surface area contributed by atoms with E-state index in [0.29, 0.717) is 16.9 Å². The highest BCUT2D eigenvalue weighted by Crippen LogP contribution is 2.62. The number of ether oxygens (including phenoxy) is 2. The van der Waals surface area contributed by atoms with Crippen LogP contribution >= 0.6 is 0 Å². The Balaban J connectivity index is 1.42. The summed E-state index contributed by atoms with van der Waals surface area (Å²) in [7, 11) is -0.409. The molecule has 0 atom stereocenters. The molecule has 6 rings (SSSR count). The molecular formula is C32H42O6Si. The van der Waals surface area contributed by atoms with Crippen LogP contribution in [0, 0.1) is 17.8 Å². The maximum atomic E-state index is 13.5. The summed E-state index contributed by atoms with van der Waals surface area (Å²) in [5.74, 6) is 2.00. The summed E-state index contributed by atoms with van der Waals surface area (Å²) < 4.78 is 18.1. The van der Waals surface area contributed by atoms with Gasteiger partial charge in [0.2, 0.25) is 0 Å². The molecule has 4 aliphatic carbocycles. The van der Waals surface area contributed by atoms with E-state index in [-0.39, 0.29) is 22.6 Å². The molecule has 0 aromatic heterocycles. The SMILES string of the molecule is COc1ccc(C(=O)Oc2ccc(C(=O)O)cc2CO[Si](C)(C)C(C)(C)C)cc1C12CC3CC(CC(C3)C1)C2. The molecule has 0 spiro atoms. The lowest BCUT2D eigenvalue weighted by Gasteiger charge is -2.57. The quantitative estimate of drug-likeness (QED) is 0.207. The molecule has 2 aromatic rings. The second-order valence-electron chi connectivity index (χ2n) is 13.7. The number of esters is 1. The topological polar surface area (TPSA) is 82.1 Å². The third-order valence-corrected chi connectivity index (χ3v) is 14.4.